The second-order valence-corrected chi connectivity index (χ2v) is 9.13. The predicted molar refractivity (Wildman–Crippen MR) is 131 cm³/mol. The molecule has 0 aliphatic carbocycles. The van der Waals surface area contributed by atoms with Gasteiger partial charge in [0.05, 0.1) is 17.2 Å². The van der Waals surface area contributed by atoms with Crippen molar-refractivity contribution in [3.05, 3.63) is 84.2 Å². The van der Waals surface area contributed by atoms with Gasteiger partial charge in [0.1, 0.15) is 30.0 Å². The number of fused-ring (bicyclic) bond motifs is 1. The first-order chi connectivity index (χ1) is 17.1. The molecule has 0 radical (unpaired) electrons. The van der Waals surface area contributed by atoms with Crippen LogP contribution in [0.5, 0.6) is 11.5 Å². The number of likely N-dealkylation sites (tertiary alicyclic amines) is 1. The minimum atomic E-state index is -0.630. The second kappa shape index (κ2) is 9.95. The smallest absolute Gasteiger partial charge is 0.165 e. The van der Waals surface area contributed by atoms with E-state index in [1.165, 1.54) is 12.1 Å². The zero-order valence-electron chi connectivity index (χ0n) is 19.4. The fourth-order valence-corrected chi connectivity index (χ4v) is 4.85. The van der Waals surface area contributed by atoms with E-state index < -0.39 is 11.5 Å². The van der Waals surface area contributed by atoms with Crippen LogP contribution in [-0.4, -0.2) is 49.1 Å². The van der Waals surface area contributed by atoms with Crippen molar-refractivity contribution in [1.82, 2.24) is 4.90 Å². The van der Waals surface area contributed by atoms with Gasteiger partial charge in [-0.3, -0.25) is 0 Å². The number of anilines is 2. The molecule has 2 aliphatic rings. The molecular formula is C28H28FN3O3. The van der Waals surface area contributed by atoms with Gasteiger partial charge in [-0.2, -0.15) is 5.26 Å². The van der Waals surface area contributed by atoms with Gasteiger partial charge in [0.15, 0.2) is 6.73 Å². The van der Waals surface area contributed by atoms with Crippen LogP contribution < -0.4 is 14.4 Å². The number of piperidine rings is 1. The molecule has 1 saturated heterocycles. The Morgan fingerprint density at radius 3 is 2.51 bits per heavy atom. The molecule has 6 nitrogen and oxygen atoms in total. The monoisotopic (exact) mass is 473 g/mol. The number of β-amino-alcohol motifs (C(OH)–C–C–N with tert-alkyl or cyclic N) is 1. The van der Waals surface area contributed by atoms with E-state index in [-0.39, 0.29) is 12.4 Å². The number of hydrogen-bond donors (Lipinski definition) is 1. The molecular weight excluding hydrogens is 445 g/mol. The lowest BCUT2D eigenvalue weighted by Crippen LogP contribution is -2.45. The Morgan fingerprint density at radius 2 is 1.80 bits per heavy atom. The molecule has 0 unspecified atom stereocenters. The predicted octanol–water partition coefficient (Wildman–Crippen LogP) is 4.61. The molecule has 180 valence electrons. The van der Waals surface area contributed by atoms with Crippen molar-refractivity contribution in [3.63, 3.8) is 0 Å². The zero-order valence-corrected chi connectivity index (χ0v) is 19.4. The highest BCUT2D eigenvalue weighted by Gasteiger charge is 2.36. The molecule has 3 aromatic carbocycles. The first kappa shape index (κ1) is 23.2. The van der Waals surface area contributed by atoms with Gasteiger partial charge in [-0.25, -0.2) is 4.39 Å². The molecule has 0 saturated carbocycles. The molecule has 3 aromatic rings. The maximum atomic E-state index is 13.4. The highest BCUT2D eigenvalue weighted by Crippen LogP contribution is 2.39. The summed E-state index contributed by atoms with van der Waals surface area (Å²) >= 11 is 0. The fraction of sp³-hybridized carbons (Fsp3) is 0.321. The summed E-state index contributed by atoms with van der Waals surface area (Å²) in [6.45, 7) is 2.54. The molecule has 1 atom stereocenters. The minimum Gasteiger partial charge on any atom is -0.491 e. The summed E-state index contributed by atoms with van der Waals surface area (Å²) in [4.78, 5) is 4.16. The van der Waals surface area contributed by atoms with Crippen molar-refractivity contribution < 1.29 is 19.0 Å². The van der Waals surface area contributed by atoms with Gasteiger partial charge < -0.3 is 24.4 Å². The highest BCUT2D eigenvalue weighted by atomic mass is 19.1. The Hall–Kier alpha value is -3.60. The van der Waals surface area contributed by atoms with E-state index in [1.54, 1.807) is 6.07 Å². The number of nitriles is 1. The van der Waals surface area contributed by atoms with E-state index in [0.717, 1.165) is 42.9 Å². The molecule has 35 heavy (non-hydrogen) atoms. The number of ether oxygens (including phenoxy) is 2. The molecule has 0 spiro atoms. The second-order valence-electron chi connectivity index (χ2n) is 9.13. The van der Waals surface area contributed by atoms with Gasteiger partial charge in [-0.15, -0.1) is 0 Å². The van der Waals surface area contributed by atoms with Crippen molar-refractivity contribution in [2.24, 2.45) is 0 Å². The van der Waals surface area contributed by atoms with E-state index in [0.29, 0.717) is 24.8 Å². The topological polar surface area (TPSA) is 69.0 Å². The Morgan fingerprint density at radius 1 is 1.06 bits per heavy atom. The first-order valence-corrected chi connectivity index (χ1v) is 11.9. The summed E-state index contributed by atoms with van der Waals surface area (Å²) in [5.41, 5.74) is 2.36. The van der Waals surface area contributed by atoms with Crippen molar-refractivity contribution >= 4 is 11.4 Å². The molecule has 2 aliphatic heterocycles. The highest BCUT2D eigenvalue weighted by molar-refractivity contribution is 5.71. The molecule has 2 heterocycles. The van der Waals surface area contributed by atoms with Crippen LogP contribution in [0.3, 0.4) is 0 Å². The quantitative estimate of drug-likeness (QED) is 0.541. The van der Waals surface area contributed by atoms with Crippen molar-refractivity contribution in [3.8, 4) is 17.6 Å². The van der Waals surface area contributed by atoms with Crippen LogP contribution in [0.1, 0.15) is 18.4 Å². The zero-order chi connectivity index (χ0) is 24.3. The summed E-state index contributed by atoms with van der Waals surface area (Å²) in [6, 6.07) is 24.6. The Bertz CT molecular complexity index is 1190. The standard InChI is InChI=1S/C28H28FN3O3/c29-22-6-11-26-27(16-22)35-20-32(26)23-7-9-25(10-8-23)34-18-24(33)17-31-14-12-28(19-30,13-15-31)21-4-2-1-3-5-21/h1-11,16,24,33H,12-15,17-18,20H2/t24-/m0/s1. The lowest BCUT2D eigenvalue weighted by atomic mass is 9.74. The van der Waals surface area contributed by atoms with Crippen LogP contribution in [0.4, 0.5) is 15.8 Å². The number of benzene rings is 3. The lowest BCUT2D eigenvalue weighted by molar-refractivity contribution is 0.0553. The van der Waals surface area contributed by atoms with Crippen LogP contribution in [0, 0.1) is 17.1 Å². The van der Waals surface area contributed by atoms with Crippen molar-refractivity contribution in [1.29, 1.82) is 5.26 Å². The first-order valence-electron chi connectivity index (χ1n) is 11.9. The molecule has 5 rings (SSSR count). The van der Waals surface area contributed by atoms with E-state index in [1.807, 2.05) is 59.5 Å². The van der Waals surface area contributed by atoms with Gasteiger partial charge in [-0.05, 0) is 54.8 Å². The average Bonchev–Trinajstić information content (AvgIpc) is 3.32. The average molecular weight is 474 g/mol. The summed E-state index contributed by atoms with van der Waals surface area (Å²) in [5, 5.41) is 20.4. The number of hydrogen-bond acceptors (Lipinski definition) is 6. The van der Waals surface area contributed by atoms with E-state index in [4.69, 9.17) is 9.47 Å². The molecule has 7 heteroatoms. The largest absolute Gasteiger partial charge is 0.491 e. The minimum absolute atomic E-state index is 0.187. The summed E-state index contributed by atoms with van der Waals surface area (Å²) in [5.74, 6) is 0.874. The van der Waals surface area contributed by atoms with Crippen LogP contribution in [0.25, 0.3) is 0 Å². The van der Waals surface area contributed by atoms with E-state index in [2.05, 4.69) is 11.0 Å². The molecule has 1 N–H and O–H groups in total. The number of halogens is 1. The molecule has 1 fully saturated rings. The van der Waals surface area contributed by atoms with Crippen LogP contribution in [0.2, 0.25) is 0 Å². The van der Waals surface area contributed by atoms with Crippen molar-refractivity contribution in [2.75, 3.05) is 37.9 Å². The number of aliphatic hydroxyl groups excluding tert-OH is 1. The summed E-state index contributed by atoms with van der Waals surface area (Å²) in [7, 11) is 0. The van der Waals surface area contributed by atoms with Crippen LogP contribution in [0.15, 0.2) is 72.8 Å². The van der Waals surface area contributed by atoms with E-state index in [9.17, 15) is 14.8 Å². The normalized spacial score (nSPS) is 17.8. The SMILES string of the molecule is N#CC1(c2ccccc2)CCN(C[C@H](O)COc2ccc(N3COc4cc(F)ccc43)cc2)CC1. The maximum Gasteiger partial charge on any atom is 0.165 e. The molecule has 0 amide bonds. The third-order valence-electron chi connectivity index (χ3n) is 6.87. The number of aliphatic hydroxyl groups is 1. The number of rotatable bonds is 7. The fourth-order valence-electron chi connectivity index (χ4n) is 4.85. The maximum absolute atomic E-state index is 13.4. The number of nitrogens with zero attached hydrogens (tertiary/aromatic N) is 3. The van der Waals surface area contributed by atoms with Gasteiger partial charge >= 0.3 is 0 Å². The Labute approximate surface area is 204 Å². The Kier molecular flexibility index (Phi) is 6.58. The van der Waals surface area contributed by atoms with Crippen molar-refractivity contribution in [2.45, 2.75) is 24.4 Å². The van der Waals surface area contributed by atoms with E-state index >= 15 is 0 Å². The van der Waals surface area contributed by atoms with Gasteiger partial charge in [0, 0.05) is 31.4 Å². The third-order valence-corrected chi connectivity index (χ3v) is 6.87. The molecule has 0 bridgehead atoms. The molecule has 0 aromatic heterocycles. The van der Waals surface area contributed by atoms with Gasteiger partial charge in [-0.1, -0.05) is 30.3 Å². The Balaban J connectivity index is 1.11. The lowest BCUT2D eigenvalue weighted by Gasteiger charge is -2.38. The van der Waals surface area contributed by atoms with Gasteiger partial charge in [0.25, 0.3) is 0 Å². The summed E-state index contributed by atoms with van der Waals surface area (Å²) in [6.07, 6.45) is 0.867. The third kappa shape index (κ3) is 4.95. The summed E-state index contributed by atoms with van der Waals surface area (Å²) < 4.78 is 24.8. The van der Waals surface area contributed by atoms with Crippen LogP contribution in [-0.2, 0) is 5.41 Å². The van der Waals surface area contributed by atoms with Crippen LogP contribution >= 0.6 is 0 Å². The van der Waals surface area contributed by atoms with Gasteiger partial charge in [0.2, 0.25) is 0 Å².